The molecule has 1 aliphatic rings. The van der Waals surface area contributed by atoms with E-state index in [1.54, 1.807) is 36.6 Å². The van der Waals surface area contributed by atoms with Gasteiger partial charge in [-0.1, -0.05) is 12.1 Å². The molecule has 1 aliphatic heterocycles. The Morgan fingerprint density at radius 1 is 1.22 bits per heavy atom. The third kappa shape index (κ3) is 6.88. The molecule has 0 fully saturated rings. The van der Waals surface area contributed by atoms with Crippen LogP contribution in [0.25, 0.3) is 0 Å². The normalized spacial score (nSPS) is 15.6. The number of carbonyl (C=O) groups is 2. The van der Waals surface area contributed by atoms with Gasteiger partial charge in [-0.05, 0) is 79.4 Å². The second-order valence-electron chi connectivity index (χ2n) is 9.97. The predicted molar refractivity (Wildman–Crippen MR) is 137 cm³/mol. The second-order valence-corrected chi connectivity index (χ2v) is 10.7. The van der Waals surface area contributed by atoms with Crippen molar-refractivity contribution in [2.75, 3.05) is 26.2 Å². The number of carboxylic acid groups (broad SMARTS) is 1. The highest BCUT2D eigenvalue weighted by molar-refractivity contribution is 9.10. The van der Waals surface area contributed by atoms with Crippen LogP contribution < -0.4 is 4.74 Å². The van der Waals surface area contributed by atoms with Gasteiger partial charge in [0.15, 0.2) is 23.7 Å². The Hall–Kier alpha value is -2.85. The number of benzene rings is 1. The number of halogens is 2. The van der Waals surface area contributed by atoms with Crippen molar-refractivity contribution in [2.24, 2.45) is 0 Å². The molecule has 0 saturated carbocycles. The van der Waals surface area contributed by atoms with Gasteiger partial charge in [0.25, 0.3) is 0 Å². The summed E-state index contributed by atoms with van der Waals surface area (Å²) in [4.78, 5) is 30.6. The topological polar surface area (TPSA) is 92.0 Å². The minimum atomic E-state index is -1.23. The number of nitrogens with zero attached hydrogens (tertiary/aromatic N) is 3. The number of aryl methyl sites for hydroxylation is 2. The summed E-state index contributed by atoms with van der Waals surface area (Å²) in [6, 6.07) is 6.46. The molecule has 0 saturated heterocycles. The van der Waals surface area contributed by atoms with Crippen molar-refractivity contribution < 1.29 is 33.1 Å². The lowest BCUT2D eigenvalue weighted by Crippen LogP contribution is -2.48. The second kappa shape index (κ2) is 11.0. The number of amides is 1. The van der Waals surface area contributed by atoms with Crippen LogP contribution in [-0.4, -0.2) is 69.1 Å². The van der Waals surface area contributed by atoms with Crippen LogP contribution in [0.3, 0.4) is 0 Å². The third-order valence-electron chi connectivity index (χ3n) is 5.75. The van der Waals surface area contributed by atoms with Gasteiger partial charge < -0.3 is 14.6 Å². The Labute approximate surface area is 218 Å². The number of rotatable bonds is 6. The van der Waals surface area contributed by atoms with Gasteiger partial charge in [-0.25, -0.2) is 14.2 Å². The lowest BCUT2D eigenvalue weighted by Gasteiger charge is -2.30. The molecule has 10 heteroatoms. The van der Waals surface area contributed by atoms with Crippen molar-refractivity contribution in [3.8, 4) is 5.75 Å². The Morgan fingerprint density at radius 3 is 2.50 bits per heavy atom. The zero-order chi connectivity index (χ0) is 26.8. The maximum atomic E-state index is 14.5. The average Bonchev–Trinajstić information content (AvgIpc) is 2.76. The largest absolute Gasteiger partial charge is 0.596 e. The summed E-state index contributed by atoms with van der Waals surface area (Å²) < 4.78 is 28.2. The van der Waals surface area contributed by atoms with Gasteiger partial charge in [-0.3, -0.25) is 4.90 Å². The number of pyridine rings is 1. The molecule has 36 heavy (non-hydrogen) atoms. The maximum Gasteiger partial charge on any atom is 0.596 e. The number of aromatic carboxylic acids is 1. The van der Waals surface area contributed by atoms with Crippen molar-refractivity contribution in [3.05, 3.63) is 57.1 Å². The van der Waals surface area contributed by atoms with Crippen LogP contribution in [0, 0.1) is 19.7 Å². The van der Waals surface area contributed by atoms with Gasteiger partial charge in [0, 0.05) is 13.5 Å². The van der Waals surface area contributed by atoms with Crippen LogP contribution in [0.2, 0.25) is 0 Å². The average molecular weight is 565 g/mol. The summed E-state index contributed by atoms with van der Waals surface area (Å²) in [5.41, 5.74) is 1.77. The summed E-state index contributed by atoms with van der Waals surface area (Å²) >= 11 is 3.27. The number of hydrogen-bond acceptors (Lipinski definition) is 6. The van der Waals surface area contributed by atoms with Crippen molar-refractivity contribution >= 4 is 33.7 Å². The number of carboxylic acids is 1. The monoisotopic (exact) mass is 564 g/mol. The lowest BCUT2D eigenvalue weighted by atomic mass is 10.1. The number of aromatic nitrogens is 1. The Morgan fingerprint density at radius 2 is 1.92 bits per heavy atom. The van der Waals surface area contributed by atoms with E-state index in [0.717, 1.165) is 5.71 Å². The minimum absolute atomic E-state index is 0.0993. The van der Waals surface area contributed by atoms with E-state index in [-0.39, 0.29) is 17.3 Å². The minimum Gasteiger partial charge on any atom is -0.482 e. The molecular formula is C26H32BrFN3O5+. The van der Waals surface area contributed by atoms with Gasteiger partial charge >= 0.3 is 12.1 Å². The molecule has 194 valence electrons. The summed E-state index contributed by atoms with van der Waals surface area (Å²) in [5.74, 6) is -1.50. The zero-order valence-corrected chi connectivity index (χ0v) is 23.0. The van der Waals surface area contributed by atoms with Crippen molar-refractivity contribution in [1.82, 2.24) is 9.88 Å². The van der Waals surface area contributed by atoms with E-state index >= 15 is 0 Å². The van der Waals surface area contributed by atoms with Gasteiger partial charge in [-0.2, -0.15) is 4.79 Å². The van der Waals surface area contributed by atoms with Gasteiger partial charge in [-0.15, -0.1) is 4.58 Å². The molecule has 0 unspecified atom stereocenters. The van der Waals surface area contributed by atoms with Crippen molar-refractivity contribution in [3.63, 3.8) is 0 Å². The molecule has 2 aromatic rings. The van der Waals surface area contributed by atoms with E-state index in [4.69, 9.17) is 9.47 Å². The van der Waals surface area contributed by atoms with Gasteiger partial charge in [0.05, 0.1) is 13.1 Å². The highest BCUT2D eigenvalue weighted by Gasteiger charge is 2.34. The lowest BCUT2D eigenvalue weighted by molar-refractivity contribution is -0.458. The summed E-state index contributed by atoms with van der Waals surface area (Å²) in [5, 5.41) is 9.68. The van der Waals surface area contributed by atoms with Crippen LogP contribution in [0.5, 0.6) is 5.75 Å². The first-order chi connectivity index (χ1) is 16.7. The predicted octanol–water partition coefficient (Wildman–Crippen LogP) is 5.14. The molecule has 1 atom stereocenters. The number of ether oxygens (including phenoxy) is 2. The Kier molecular flexibility index (Phi) is 8.51. The van der Waals surface area contributed by atoms with Crippen LogP contribution in [0.4, 0.5) is 9.18 Å². The quantitative estimate of drug-likeness (QED) is 0.383. The fraction of sp³-hybridized carbons (Fsp3) is 0.462. The van der Waals surface area contributed by atoms with E-state index < -0.39 is 23.8 Å². The first kappa shape index (κ1) is 27.7. The summed E-state index contributed by atoms with van der Waals surface area (Å²) in [7, 11) is 0. The van der Waals surface area contributed by atoms with Crippen molar-refractivity contribution in [2.45, 2.75) is 53.2 Å². The van der Waals surface area contributed by atoms with E-state index in [2.05, 4.69) is 25.8 Å². The van der Waals surface area contributed by atoms with E-state index in [9.17, 15) is 19.1 Å². The Balaban J connectivity index is 1.90. The standard InChI is InChI=1S/C26H31BrFN3O5/c1-15-7-8-18(12-19(15)28)21(35-20-11-16(2)23(27)29-22(20)24(32)33)14-30-9-10-31(17(3)13-30)25(34)36-26(4,5)6/h7-8,11-12,21H,9-10,13-14H2,1-6H3/p+1/t21-/m0/s1. The first-order valence-corrected chi connectivity index (χ1v) is 12.4. The molecule has 1 N–H and O–H groups in total. The van der Waals surface area contributed by atoms with Crippen LogP contribution in [0.1, 0.15) is 61.0 Å². The molecule has 1 aromatic heterocycles. The SMILES string of the molecule is CC1=[N+](C(=O)OC(C)(C)C)CCN(C[C@H](Oc2cc(C)c(Br)nc2C(=O)O)c2ccc(C)c(F)c2)C1. The van der Waals surface area contributed by atoms with Gasteiger partial charge in [0.1, 0.15) is 22.1 Å². The zero-order valence-electron chi connectivity index (χ0n) is 21.4. The van der Waals surface area contributed by atoms with Gasteiger partial charge in [0.2, 0.25) is 0 Å². The van der Waals surface area contributed by atoms with Crippen LogP contribution in [0.15, 0.2) is 28.9 Å². The molecule has 0 bridgehead atoms. The molecule has 3 rings (SSSR count). The molecule has 8 nitrogen and oxygen atoms in total. The molecule has 0 radical (unpaired) electrons. The van der Waals surface area contributed by atoms with E-state index in [1.165, 1.54) is 6.07 Å². The summed E-state index contributed by atoms with van der Waals surface area (Å²) in [6.07, 6.45) is -1.07. The molecular weight excluding hydrogens is 533 g/mol. The summed E-state index contributed by atoms with van der Waals surface area (Å²) in [6.45, 7) is 12.6. The van der Waals surface area contributed by atoms with Crippen LogP contribution >= 0.6 is 15.9 Å². The number of hydrogen-bond donors (Lipinski definition) is 1. The molecule has 0 spiro atoms. The highest BCUT2D eigenvalue weighted by Crippen LogP contribution is 2.30. The molecule has 2 heterocycles. The van der Waals surface area contributed by atoms with E-state index in [1.807, 2.05) is 27.7 Å². The molecule has 1 aromatic carbocycles. The fourth-order valence-electron chi connectivity index (χ4n) is 3.86. The van der Waals surface area contributed by atoms with Crippen molar-refractivity contribution in [1.29, 1.82) is 0 Å². The van der Waals surface area contributed by atoms with E-state index in [0.29, 0.717) is 47.5 Å². The smallest absolute Gasteiger partial charge is 0.482 e. The number of carbonyl (C=O) groups excluding carboxylic acids is 1. The third-order valence-corrected chi connectivity index (χ3v) is 6.55. The Bertz CT molecular complexity index is 1210. The molecule has 1 amide bonds. The first-order valence-electron chi connectivity index (χ1n) is 11.6. The van der Waals surface area contributed by atoms with Crippen LogP contribution in [-0.2, 0) is 4.74 Å². The highest BCUT2D eigenvalue weighted by atomic mass is 79.9. The molecule has 0 aliphatic carbocycles. The maximum absolute atomic E-state index is 14.5. The fourth-order valence-corrected chi connectivity index (χ4v) is 4.15.